The van der Waals surface area contributed by atoms with Crippen LogP contribution >= 0.6 is 0 Å². The van der Waals surface area contributed by atoms with Crippen LogP contribution in [0.4, 0.5) is 5.82 Å². The van der Waals surface area contributed by atoms with Gasteiger partial charge in [-0.25, -0.2) is 4.98 Å². The fourth-order valence-corrected chi connectivity index (χ4v) is 2.54. The zero-order chi connectivity index (χ0) is 17.2. The summed E-state index contributed by atoms with van der Waals surface area (Å²) in [6.07, 6.45) is 6.43. The number of unbranched alkanes of at least 4 members (excludes halogenated alkanes) is 3. The zero-order valence-electron chi connectivity index (χ0n) is 14.5. The van der Waals surface area contributed by atoms with Crippen LogP contribution in [0.3, 0.4) is 0 Å². The lowest BCUT2D eigenvalue weighted by Gasteiger charge is -2.11. The van der Waals surface area contributed by atoms with Gasteiger partial charge in [-0.15, -0.1) is 0 Å². The number of anilines is 1. The molecule has 4 nitrogen and oxygen atoms in total. The van der Waals surface area contributed by atoms with Crippen molar-refractivity contribution in [3.8, 4) is 5.75 Å². The second-order valence-corrected chi connectivity index (χ2v) is 5.68. The predicted molar refractivity (Wildman–Crippen MR) is 97.9 cm³/mol. The Balaban J connectivity index is 2.10. The normalized spacial score (nSPS) is 10.4. The van der Waals surface area contributed by atoms with Crippen molar-refractivity contribution in [1.82, 2.24) is 4.98 Å². The van der Waals surface area contributed by atoms with Crippen LogP contribution in [-0.4, -0.2) is 23.9 Å². The average molecular weight is 326 g/mol. The number of hydrogen-bond acceptors (Lipinski definition) is 4. The van der Waals surface area contributed by atoms with Crippen LogP contribution in [-0.2, 0) is 0 Å². The van der Waals surface area contributed by atoms with Crippen LogP contribution in [0, 0.1) is 0 Å². The number of carbonyl (C=O) groups excluding carboxylic acids is 1. The van der Waals surface area contributed by atoms with E-state index in [1.807, 2.05) is 31.2 Å². The summed E-state index contributed by atoms with van der Waals surface area (Å²) in [5, 5.41) is 3.30. The van der Waals surface area contributed by atoms with Gasteiger partial charge in [0.25, 0.3) is 0 Å². The van der Waals surface area contributed by atoms with Crippen LogP contribution < -0.4 is 10.1 Å². The molecule has 0 aliphatic heterocycles. The summed E-state index contributed by atoms with van der Waals surface area (Å²) in [5.41, 5.74) is 1.21. The highest BCUT2D eigenvalue weighted by molar-refractivity contribution is 6.12. The van der Waals surface area contributed by atoms with Crippen LogP contribution in [0.5, 0.6) is 5.75 Å². The molecule has 0 spiro atoms. The molecule has 0 unspecified atom stereocenters. The number of hydrogen-bond donors (Lipinski definition) is 1. The summed E-state index contributed by atoms with van der Waals surface area (Å²) >= 11 is 0. The SMILES string of the molecule is CCCCCCNc1ncccc1C(=O)c1cccc(OCC)c1. The van der Waals surface area contributed by atoms with E-state index in [2.05, 4.69) is 17.2 Å². The van der Waals surface area contributed by atoms with Gasteiger partial charge in [-0.2, -0.15) is 0 Å². The quantitative estimate of drug-likeness (QED) is 0.508. The molecule has 0 radical (unpaired) electrons. The minimum absolute atomic E-state index is 0.0410. The smallest absolute Gasteiger partial charge is 0.196 e. The molecular weight excluding hydrogens is 300 g/mol. The number of carbonyl (C=O) groups is 1. The molecule has 1 aromatic heterocycles. The van der Waals surface area contributed by atoms with Crippen molar-refractivity contribution in [1.29, 1.82) is 0 Å². The molecule has 0 bridgehead atoms. The number of ketones is 1. The minimum Gasteiger partial charge on any atom is -0.494 e. The highest BCUT2D eigenvalue weighted by Gasteiger charge is 2.14. The molecule has 2 rings (SSSR count). The Hall–Kier alpha value is -2.36. The van der Waals surface area contributed by atoms with Gasteiger partial charge >= 0.3 is 0 Å². The maximum Gasteiger partial charge on any atom is 0.196 e. The Morgan fingerprint density at radius 1 is 1.12 bits per heavy atom. The highest BCUT2D eigenvalue weighted by atomic mass is 16.5. The van der Waals surface area contributed by atoms with Crippen molar-refractivity contribution >= 4 is 11.6 Å². The highest BCUT2D eigenvalue weighted by Crippen LogP contribution is 2.20. The number of rotatable bonds is 10. The minimum atomic E-state index is -0.0410. The first-order valence-electron chi connectivity index (χ1n) is 8.72. The van der Waals surface area contributed by atoms with Gasteiger partial charge in [-0.1, -0.05) is 38.3 Å². The molecular formula is C20H26N2O2. The fraction of sp³-hybridized carbons (Fsp3) is 0.400. The fourth-order valence-electron chi connectivity index (χ4n) is 2.54. The maximum atomic E-state index is 12.8. The topological polar surface area (TPSA) is 51.2 Å². The molecule has 1 heterocycles. The third-order valence-corrected chi connectivity index (χ3v) is 3.78. The molecule has 0 fully saturated rings. The van der Waals surface area contributed by atoms with Crippen molar-refractivity contribution < 1.29 is 9.53 Å². The van der Waals surface area contributed by atoms with E-state index in [0.717, 1.165) is 13.0 Å². The van der Waals surface area contributed by atoms with Gasteiger partial charge in [0.2, 0.25) is 0 Å². The van der Waals surface area contributed by atoms with Crippen molar-refractivity contribution in [2.45, 2.75) is 39.5 Å². The van der Waals surface area contributed by atoms with Crippen molar-refractivity contribution in [2.75, 3.05) is 18.5 Å². The van der Waals surface area contributed by atoms with Crippen LogP contribution in [0.25, 0.3) is 0 Å². The first kappa shape index (κ1) is 18.0. The first-order valence-corrected chi connectivity index (χ1v) is 8.72. The van der Waals surface area contributed by atoms with E-state index < -0.39 is 0 Å². The average Bonchev–Trinajstić information content (AvgIpc) is 2.62. The number of nitrogens with zero attached hydrogens (tertiary/aromatic N) is 1. The van der Waals surface area contributed by atoms with Gasteiger partial charge in [0, 0.05) is 18.3 Å². The lowest BCUT2D eigenvalue weighted by Crippen LogP contribution is -2.10. The van der Waals surface area contributed by atoms with Gasteiger partial charge in [0.15, 0.2) is 5.78 Å². The number of nitrogens with one attached hydrogen (secondary N) is 1. The predicted octanol–water partition coefficient (Wildman–Crippen LogP) is 4.70. The van der Waals surface area contributed by atoms with Crippen LogP contribution in [0.2, 0.25) is 0 Å². The molecule has 0 aliphatic rings. The first-order chi connectivity index (χ1) is 11.8. The van der Waals surface area contributed by atoms with E-state index in [0.29, 0.717) is 29.3 Å². The summed E-state index contributed by atoms with van der Waals surface area (Å²) in [6.45, 7) is 5.53. The molecule has 0 saturated carbocycles. The Morgan fingerprint density at radius 3 is 2.79 bits per heavy atom. The monoisotopic (exact) mass is 326 g/mol. The van der Waals surface area contributed by atoms with Gasteiger partial charge in [0.1, 0.15) is 11.6 Å². The molecule has 0 saturated heterocycles. The second kappa shape index (κ2) is 9.71. The van der Waals surface area contributed by atoms with Crippen molar-refractivity contribution in [3.05, 3.63) is 53.7 Å². The third kappa shape index (κ3) is 5.08. The number of pyridine rings is 1. The second-order valence-electron chi connectivity index (χ2n) is 5.68. The Kier molecular flexibility index (Phi) is 7.27. The van der Waals surface area contributed by atoms with Gasteiger partial charge in [-0.3, -0.25) is 4.79 Å². The van der Waals surface area contributed by atoms with E-state index in [-0.39, 0.29) is 5.78 Å². The summed E-state index contributed by atoms with van der Waals surface area (Å²) in [6, 6.07) is 10.9. The molecule has 24 heavy (non-hydrogen) atoms. The molecule has 0 aliphatic carbocycles. The largest absolute Gasteiger partial charge is 0.494 e. The van der Waals surface area contributed by atoms with Crippen LogP contribution in [0.15, 0.2) is 42.6 Å². The molecule has 128 valence electrons. The molecule has 4 heteroatoms. The van der Waals surface area contributed by atoms with E-state index in [4.69, 9.17) is 4.74 Å². The van der Waals surface area contributed by atoms with Crippen molar-refractivity contribution in [3.63, 3.8) is 0 Å². The van der Waals surface area contributed by atoms with Crippen LogP contribution in [0.1, 0.15) is 55.5 Å². The summed E-state index contributed by atoms with van der Waals surface area (Å²) < 4.78 is 5.48. The number of benzene rings is 1. The summed E-state index contributed by atoms with van der Waals surface area (Å²) in [4.78, 5) is 17.2. The Morgan fingerprint density at radius 2 is 2.00 bits per heavy atom. The maximum absolute atomic E-state index is 12.8. The third-order valence-electron chi connectivity index (χ3n) is 3.78. The molecule has 0 amide bonds. The lowest BCUT2D eigenvalue weighted by atomic mass is 10.0. The Bertz CT molecular complexity index is 656. The standard InChI is InChI=1S/C20H26N2O2/c1-3-5-6-7-13-21-20-18(12-9-14-22-20)19(23)16-10-8-11-17(15-16)24-4-2/h8-12,14-15H,3-7,13H2,1-2H3,(H,21,22). The van der Waals surface area contributed by atoms with E-state index >= 15 is 0 Å². The van der Waals surface area contributed by atoms with Gasteiger partial charge in [0.05, 0.1) is 12.2 Å². The van der Waals surface area contributed by atoms with E-state index in [1.165, 1.54) is 19.3 Å². The number of ether oxygens (including phenoxy) is 1. The summed E-state index contributed by atoms with van der Waals surface area (Å²) in [5.74, 6) is 1.32. The number of aromatic nitrogens is 1. The molecule has 0 atom stereocenters. The van der Waals surface area contributed by atoms with E-state index in [9.17, 15) is 4.79 Å². The van der Waals surface area contributed by atoms with Crippen molar-refractivity contribution in [2.24, 2.45) is 0 Å². The molecule has 2 aromatic rings. The Labute approximate surface area is 144 Å². The molecule has 1 aromatic carbocycles. The summed E-state index contributed by atoms with van der Waals surface area (Å²) in [7, 11) is 0. The van der Waals surface area contributed by atoms with E-state index in [1.54, 1.807) is 18.3 Å². The molecule has 1 N–H and O–H groups in total. The van der Waals surface area contributed by atoms with Gasteiger partial charge in [-0.05, 0) is 37.6 Å². The van der Waals surface area contributed by atoms with Gasteiger partial charge < -0.3 is 10.1 Å². The lowest BCUT2D eigenvalue weighted by molar-refractivity contribution is 0.103. The zero-order valence-corrected chi connectivity index (χ0v) is 14.5.